The van der Waals surface area contributed by atoms with Crippen molar-refractivity contribution < 1.29 is 4.74 Å². The van der Waals surface area contributed by atoms with E-state index in [0.29, 0.717) is 6.04 Å². The summed E-state index contributed by atoms with van der Waals surface area (Å²) >= 11 is 5.29. The second kappa shape index (κ2) is 10.4. The van der Waals surface area contributed by atoms with Crippen LogP contribution >= 0.6 is 12.2 Å². The molecule has 5 heteroatoms. The van der Waals surface area contributed by atoms with Gasteiger partial charge < -0.3 is 20.3 Å². The van der Waals surface area contributed by atoms with E-state index in [-0.39, 0.29) is 0 Å². The highest BCUT2D eigenvalue weighted by Crippen LogP contribution is 2.08. The minimum absolute atomic E-state index is 0.407. The molecule has 1 fully saturated rings. The second-order valence-corrected chi connectivity index (χ2v) is 5.62. The normalized spacial score (nSPS) is 18.0. The molecule has 0 amide bonds. The Morgan fingerprint density at radius 1 is 1.32 bits per heavy atom. The third-order valence-corrected chi connectivity index (χ3v) is 3.58. The van der Waals surface area contributed by atoms with Crippen LogP contribution in [0, 0.1) is 0 Å². The van der Waals surface area contributed by atoms with Crippen molar-refractivity contribution in [1.29, 1.82) is 0 Å². The average molecular weight is 287 g/mol. The van der Waals surface area contributed by atoms with Crippen LogP contribution in [0.4, 0.5) is 0 Å². The predicted octanol–water partition coefficient (Wildman–Crippen LogP) is 1.75. The highest BCUT2D eigenvalue weighted by atomic mass is 32.1. The van der Waals surface area contributed by atoms with Gasteiger partial charge in [-0.1, -0.05) is 6.42 Å². The van der Waals surface area contributed by atoms with Crippen molar-refractivity contribution in [3.63, 3.8) is 0 Å². The first kappa shape index (κ1) is 16.7. The van der Waals surface area contributed by atoms with Crippen molar-refractivity contribution in [2.75, 3.05) is 39.4 Å². The van der Waals surface area contributed by atoms with Gasteiger partial charge in [0.2, 0.25) is 0 Å². The molecule has 0 aliphatic carbocycles. The van der Waals surface area contributed by atoms with E-state index in [2.05, 4.69) is 22.5 Å². The zero-order valence-corrected chi connectivity index (χ0v) is 13.2. The molecule has 0 saturated carbocycles. The Morgan fingerprint density at radius 3 is 2.74 bits per heavy atom. The molecule has 1 heterocycles. The summed E-state index contributed by atoms with van der Waals surface area (Å²) in [5, 5.41) is 7.35. The van der Waals surface area contributed by atoms with Gasteiger partial charge in [0.1, 0.15) is 0 Å². The van der Waals surface area contributed by atoms with E-state index in [0.717, 1.165) is 37.8 Å². The molecule has 1 aliphatic heterocycles. The number of rotatable bonds is 8. The Hall–Kier alpha value is -0.390. The van der Waals surface area contributed by atoms with Crippen LogP contribution in [0.2, 0.25) is 0 Å². The number of nitrogens with zero attached hydrogens (tertiary/aromatic N) is 1. The van der Waals surface area contributed by atoms with Crippen molar-refractivity contribution in [3.05, 3.63) is 0 Å². The van der Waals surface area contributed by atoms with Crippen LogP contribution in [-0.2, 0) is 4.74 Å². The average Bonchev–Trinajstić information content (AvgIpc) is 2.39. The van der Waals surface area contributed by atoms with Gasteiger partial charge in [0.05, 0.1) is 0 Å². The molecule has 0 aromatic rings. The third-order valence-electron chi connectivity index (χ3n) is 3.31. The maximum absolute atomic E-state index is 5.29. The molecule has 0 aromatic heterocycles. The fraction of sp³-hybridized carbons (Fsp3) is 0.929. The van der Waals surface area contributed by atoms with Gasteiger partial charge in [-0.2, -0.15) is 0 Å². The van der Waals surface area contributed by atoms with Crippen molar-refractivity contribution in [2.24, 2.45) is 0 Å². The van der Waals surface area contributed by atoms with Crippen LogP contribution in [0.5, 0.6) is 0 Å². The first-order valence-corrected chi connectivity index (χ1v) is 7.97. The van der Waals surface area contributed by atoms with E-state index in [4.69, 9.17) is 17.0 Å². The lowest BCUT2D eigenvalue weighted by Gasteiger charge is -2.29. The van der Waals surface area contributed by atoms with Gasteiger partial charge in [-0.25, -0.2) is 0 Å². The topological polar surface area (TPSA) is 36.5 Å². The van der Waals surface area contributed by atoms with Crippen LogP contribution in [0.15, 0.2) is 0 Å². The standard InChI is InChI=1S/C14H29N3OS/c1-3-18-11-7-8-15-14(19)16-13(2)12-17-9-5-4-6-10-17/h13H,3-12H2,1-2H3,(H2,15,16,19). The fourth-order valence-corrected chi connectivity index (χ4v) is 2.67. The number of piperidine rings is 1. The molecule has 1 unspecified atom stereocenters. The molecule has 0 radical (unpaired) electrons. The highest BCUT2D eigenvalue weighted by molar-refractivity contribution is 7.80. The van der Waals surface area contributed by atoms with E-state index in [1.165, 1.54) is 32.4 Å². The van der Waals surface area contributed by atoms with Crippen LogP contribution in [0.1, 0.15) is 39.5 Å². The highest BCUT2D eigenvalue weighted by Gasteiger charge is 2.13. The molecule has 0 spiro atoms. The van der Waals surface area contributed by atoms with Crippen molar-refractivity contribution in [2.45, 2.75) is 45.6 Å². The van der Waals surface area contributed by atoms with Gasteiger partial charge in [-0.15, -0.1) is 0 Å². The van der Waals surface area contributed by atoms with Crippen LogP contribution in [0.25, 0.3) is 0 Å². The number of hydrogen-bond donors (Lipinski definition) is 2. The lowest BCUT2D eigenvalue weighted by molar-refractivity contribution is 0.145. The summed E-state index contributed by atoms with van der Waals surface area (Å²) in [6.07, 6.45) is 5.06. The quantitative estimate of drug-likeness (QED) is 0.525. The Morgan fingerprint density at radius 2 is 2.05 bits per heavy atom. The monoisotopic (exact) mass is 287 g/mol. The van der Waals surface area contributed by atoms with E-state index >= 15 is 0 Å². The molecule has 0 bridgehead atoms. The maximum atomic E-state index is 5.29. The van der Waals surface area contributed by atoms with Gasteiger partial charge in [0.25, 0.3) is 0 Å². The fourth-order valence-electron chi connectivity index (χ4n) is 2.37. The summed E-state index contributed by atoms with van der Waals surface area (Å²) in [5.74, 6) is 0. The first-order valence-electron chi connectivity index (χ1n) is 7.57. The minimum atomic E-state index is 0.407. The van der Waals surface area contributed by atoms with Gasteiger partial charge in [-0.3, -0.25) is 0 Å². The summed E-state index contributed by atoms with van der Waals surface area (Å²) in [6, 6.07) is 0.407. The molecule has 1 aliphatic rings. The molecule has 19 heavy (non-hydrogen) atoms. The third kappa shape index (κ3) is 8.39. The second-order valence-electron chi connectivity index (χ2n) is 5.21. The number of thiocarbonyl (C=S) groups is 1. The van der Waals surface area contributed by atoms with Gasteiger partial charge in [0.15, 0.2) is 5.11 Å². The lowest BCUT2D eigenvalue weighted by Crippen LogP contribution is -2.47. The van der Waals surface area contributed by atoms with Gasteiger partial charge >= 0.3 is 0 Å². The number of nitrogens with one attached hydrogen (secondary N) is 2. The van der Waals surface area contributed by atoms with E-state index in [1.54, 1.807) is 0 Å². The Balaban J connectivity index is 2.03. The summed E-state index contributed by atoms with van der Waals surface area (Å²) < 4.78 is 5.29. The minimum Gasteiger partial charge on any atom is -0.382 e. The number of hydrogen-bond acceptors (Lipinski definition) is 3. The molecular weight excluding hydrogens is 258 g/mol. The largest absolute Gasteiger partial charge is 0.382 e. The lowest BCUT2D eigenvalue weighted by atomic mass is 10.1. The Kier molecular flexibility index (Phi) is 9.12. The summed E-state index contributed by atoms with van der Waals surface area (Å²) in [6.45, 7) is 10.2. The molecule has 1 rings (SSSR count). The zero-order valence-electron chi connectivity index (χ0n) is 12.4. The predicted molar refractivity (Wildman–Crippen MR) is 84.6 cm³/mol. The van der Waals surface area contributed by atoms with Crippen LogP contribution in [-0.4, -0.2) is 55.4 Å². The summed E-state index contributed by atoms with van der Waals surface area (Å²) in [4.78, 5) is 2.53. The smallest absolute Gasteiger partial charge is 0.166 e. The molecular formula is C14H29N3OS. The zero-order chi connectivity index (χ0) is 13.9. The SMILES string of the molecule is CCOCCCNC(=S)NC(C)CN1CCCCC1. The molecule has 0 aromatic carbocycles. The molecule has 112 valence electrons. The van der Waals surface area contributed by atoms with E-state index in [9.17, 15) is 0 Å². The van der Waals surface area contributed by atoms with Gasteiger partial charge in [0, 0.05) is 32.3 Å². The summed E-state index contributed by atoms with van der Waals surface area (Å²) in [5.41, 5.74) is 0. The van der Waals surface area contributed by atoms with Crippen molar-refractivity contribution in [3.8, 4) is 0 Å². The Labute approximate surface area is 123 Å². The molecule has 2 N–H and O–H groups in total. The Bertz CT molecular complexity index is 245. The van der Waals surface area contributed by atoms with Crippen LogP contribution in [0.3, 0.4) is 0 Å². The van der Waals surface area contributed by atoms with E-state index in [1.807, 2.05) is 6.92 Å². The first-order chi connectivity index (χ1) is 9.22. The number of ether oxygens (including phenoxy) is 1. The number of likely N-dealkylation sites (tertiary alicyclic amines) is 1. The maximum Gasteiger partial charge on any atom is 0.166 e. The van der Waals surface area contributed by atoms with Crippen molar-refractivity contribution >= 4 is 17.3 Å². The summed E-state index contributed by atoms with van der Waals surface area (Å²) in [7, 11) is 0. The van der Waals surface area contributed by atoms with E-state index < -0.39 is 0 Å². The van der Waals surface area contributed by atoms with Gasteiger partial charge in [-0.05, 0) is 58.4 Å². The van der Waals surface area contributed by atoms with Crippen molar-refractivity contribution in [1.82, 2.24) is 15.5 Å². The van der Waals surface area contributed by atoms with Crippen LogP contribution < -0.4 is 10.6 Å². The molecule has 1 saturated heterocycles. The molecule has 4 nitrogen and oxygen atoms in total. The molecule has 1 atom stereocenters.